The van der Waals surface area contributed by atoms with E-state index in [0.29, 0.717) is 22.1 Å². The summed E-state index contributed by atoms with van der Waals surface area (Å²) in [6.07, 6.45) is 2.21. The number of fused-ring (bicyclic) bond motifs is 3. The number of aromatic nitrogens is 4. The lowest BCUT2D eigenvalue weighted by molar-refractivity contribution is 0.629. The van der Waals surface area contributed by atoms with E-state index in [4.69, 9.17) is 16.6 Å². The summed E-state index contributed by atoms with van der Waals surface area (Å²) < 4.78 is 16.3. The molecule has 1 aliphatic heterocycles. The zero-order chi connectivity index (χ0) is 17.7. The van der Waals surface area contributed by atoms with Gasteiger partial charge in [-0.3, -0.25) is 0 Å². The van der Waals surface area contributed by atoms with Gasteiger partial charge in [-0.05, 0) is 43.2 Å². The average molecular weight is 368 g/mol. The Balaban J connectivity index is 1.88. The fourth-order valence-corrected chi connectivity index (χ4v) is 3.70. The van der Waals surface area contributed by atoms with E-state index >= 15 is 0 Å². The molecule has 3 heterocycles. The van der Waals surface area contributed by atoms with Crippen LogP contribution in [0.1, 0.15) is 12.8 Å². The molecule has 0 atom stereocenters. The molecule has 0 N–H and O–H groups in total. The zero-order valence-corrected chi connectivity index (χ0v) is 14.6. The van der Waals surface area contributed by atoms with Crippen molar-refractivity contribution >= 4 is 34.1 Å². The van der Waals surface area contributed by atoms with Gasteiger partial charge in [-0.15, -0.1) is 10.2 Å². The second kappa shape index (κ2) is 5.92. The molecule has 2 aromatic heterocycles. The second-order valence-electron chi connectivity index (χ2n) is 6.43. The number of anilines is 1. The van der Waals surface area contributed by atoms with Crippen molar-refractivity contribution in [3.05, 3.63) is 53.3 Å². The summed E-state index contributed by atoms with van der Waals surface area (Å²) in [5, 5.41) is 10.1. The summed E-state index contributed by atoms with van der Waals surface area (Å²) in [5.74, 6) is 0.866. The Kier molecular flexibility index (Phi) is 3.53. The standard InChI is InChI=1S/C19H15ClFN5/c20-12-7-8-14-16(11-12)22-19(25-9-3-4-10-25)26-17(23-24-18(14)26)13-5-1-2-6-15(13)21/h1-2,5-8,11H,3-4,9-10H2. The van der Waals surface area contributed by atoms with Crippen molar-refractivity contribution < 1.29 is 4.39 Å². The SMILES string of the molecule is Fc1ccccc1-c1nnc2c3ccc(Cl)cc3nc(N3CCCC3)n12. The molecule has 0 bridgehead atoms. The number of halogens is 2. The molecule has 130 valence electrons. The van der Waals surface area contributed by atoms with E-state index in [1.54, 1.807) is 24.3 Å². The maximum Gasteiger partial charge on any atom is 0.213 e. The number of nitrogens with zero attached hydrogens (tertiary/aromatic N) is 5. The van der Waals surface area contributed by atoms with Gasteiger partial charge in [-0.2, -0.15) is 0 Å². The molecule has 1 aliphatic rings. The van der Waals surface area contributed by atoms with Crippen LogP contribution in [0.25, 0.3) is 27.9 Å². The van der Waals surface area contributed by atoms with E-state index in [1.165, 1.54) is 6.07 Å². The van der Waals surface area contributed by atoms with E-state index in [0.717, 1.165) is 42.8 Å². The van der Waals surface area contributed by atoms with Crippen LogP contribution in [0.3, 0.4) is 0 Å². The van der Waals surface area contributed by atoms with Crippen LogP contribution in [0.5, 0.6) is 0 Å². The zero-order valence-electron chi connectivity index (χ0n) is 13.9. The van der Waals surface area contributed by atoms with Gasteiger partial charge in [0, 0.05) is 23.5 Å². The molecule has 0 radical (unpaired) electrons. The van der Waals surface area contributed by atoms with Crippen LogP contribution in [0.4, 0.5) is 10.3 Å². The Hall–Kier alpha value is -2.73. The molecule has 0 amide bonds. The molecule has 7 heteroatoms. The minimum absolute atomic E-state index is 0.328. The van der Waals surface area contributed by atoms with Crippen LogP contribution in [0.15, 0.2) is 42.5 Å². The van der Waals surface area contributed by atoms with Gasteiger partial charge in [0.25, 0.3) is 0 Å². The molecule has 1 fully saturated rings. The molecule has 0 unspecified atom stereocenters. The number of rotatable bonds is 2. The molecule has 0 saturated carbocycles. The smallest absolute Gasteiger partial charge is 0.213 e. The summed E-state index contributed by atoms with van der Waals surface area (Å²) in [5.41, 5.74) is 1.83. The molecular weight excluding hydrogens is 353 g/mol. The second-order valence-corrected chi connectivity index (χ2v) is 6.87. The molecule has 2 aromatic carbocycles. The minimum atomic E-state index is -0.328. The maximum absolute atomic E-state index is 14.4. The number of hydrogen-bond donors (Lipinski definition) is 0. The molecule has 0 aliphatic carbocycles. The highest BCUT2D eigenvalue weighted by Gasteiger charge is 2.23. The van der Waals surface area contributed by atoms with Crippen LogP contribution < -0.4 is 4.90 Å². The first-order valence-corrected chi connectivity index (χ1v) is 8.94. The molecular formula is C19H15ClFN5. The van der Waals surface area contributed by atoms with Crippen molar-refractivity contribution in [2.24, 2.45) is 0 Å². The molecule has 5 rings (SSSR count). The van der Waals surface area contributed by atoms with Crippen LogP contribution in [-0.4, -0.2) is 32.7 Å². The Labute approximate surface area is 154 Å². The first-order chi connectivity index (χ1) is 12.7. The molecule has 26 heavy (non-hydrogen) atoms. The van der Waals surface area contributed by atoms with Gasteiger partial charge in [0.05, 0.1) is 11.1 Å². The van der Waals surface area contributed by atoms with Crippen molar-refractivity contribution in [1.82, 2.24) is 19.6 Å². The van der Waals surface area contributed by atoms with Gasteiger partial charge in [0.15, 0.2) is 11.5 Å². The van der Waals surface area contributed by atoms with E-state index in [2.05, 4.69) is 15.1 Å². The van der Waals surface area contributed by atoms with Crippen molar-refractivity contribution in [3.8, 4) is 11.4 Å². The van der Waals surface area contributed by atoms with E-state index in [9.17, 15) is 4.39 Å². The van der Waals surface area contributed by atoms with Crippen molar-refractivity contribution in [2.45, 2.75) is 12.8 Å². The summed E-state index contributed by atoms with van der Waals surface area (Å²) in [4.78, 5) is 7.03. The Morgan fingerprint density at radius 2 is 1.81 bits per heavy atom. The summed E-state index contributed by atoms with van der Waals surface area (Å²) in [7, 11) is 0. The fraction of sp³-hybridized carbons (Fsp3) is 0.211. The van der Waals surface area contributed by atoms with Gasteiger partial charge in [-0.25, -0.2) is 13.8 Å². The monoisotopic (exact) mass is 367 g/mol. The number of benzene rings is 2. The topological polar surface area (TPSA) is 46.3 Å². The Bertz CT molecular complexity index is 1130. The first-order valence-electron chi connectivity index (χ1n) is 8.56. The van der Waals surface area contributed by atoms with Gasteiger partial charge in [0.1, 0.15) is 5.82 Å². The number of hydrogen-bond acceptors (Lipinski definition) is 4. The van der Waals surface area contributed by atoms with Gasteiger partial charge in [-0.1, -0.05) is 23.7 Å². The molecule has 1 saturated heterocycles. The third-order valence-corrected chi connectivity index (χ3v) is 5.02. The normalized spacial score (nSPS) is 14.6. The van der Waals surface area contributed by atoms with Crippen molar-refractivity contribution in [3.63, 3.8) is 0 Å². The fourth-order valence-electron chi connectivity index (χ4n) is 3.54. The third kappa shape index (κ3) is 2.33. The third-order valence-electron chi connectivity index (χ3n) is 4.79. The van der Waals surface area contributed by atoms with Gasteiger partial charge >= 0.3 is 0 Å². The van der Waals surface area contributed by atoms with Crippen molar-refractivity contribution in [1.29, 1.82) is 0 Å². The van der Waals surface area contributed by atoms with Crippen LogP contribution in [0, 0.1) is 5.82 Å². The Morgan fingerprint density at radius 3 is 2.62 bits per heavy atom. The quantitative estimate of drug-likeness (QED) is 0.529. The average Bonchev–Trinajstić information content (AvgIpc) is 3.31. The predicted octanol–water partition coefficient (Wildman–Crippen LogP) is 4.34. The summed E-state index contributed by atoms with van der Waals surface area (Å²) in [6, 6.07) is 12.1. The minimum Gasteiger partial charge on any atom is -0.342 e. The summed E-state index contributed by atoms with van der Waals surface area (Å²) in [6.45, 7) is 1.81. The van der Waals surface area contributed by atoms with Crippen LogP contribution in [-0.2, 0) is 0 Å². The van der Waals surface area contributed by atoms with Gasteiger partial charge < -0.3 is 4.90 Å². The highest BCUT2D eigenvalue weighted by atomic mass is 35.5. The lowest BCUT2D eigenvalue weighted by Gasteiger charge is -2.19. The van der Waals surface area contributed by atoms with Crippen LogP contribution in [0.2, 0.25) is 5.02 Å². The Morgan fingerprint density at radius 1 is 1.00 bits per heavy atom. The van der Waals surface area contributed by atoms with Crippen molar-refractivity contribution in [2.75, 3.05) is 18.0 Å². The van der Waals surface area contributed by atoms with Gasteiger partial charge in [0.2, 0.25) is 5.95 Å². The predicted molar refractivity (Wildman–Crippen MR) is 100 cm³/mol. The molecule has 4 aromatic rings. The van der Waals surface area contributed by atoms with Crippen LogP contribution >= 0.6 is 11.6 Å². The first kappa shape index (κ1) is 15.5. The van der Waals surface area contributed by atoms with E-state index in [1.807, 2.05) is 16.5 Å². The summed E-state index contributed by atoms with van der Waals surface area (Å²) >= 11 is 6.16. The van der Waals surface area contributed by atoms with E-state index < -0.39 is 0 Å². The highest BCUT2D eigenvalue weighted by Crippen LogP contribution is 2.31. The highest BCUT2D eigenvalue weighted by molar-refractivity contribution is 6.31. The molecule has 5 nitrogen and oxygen atoms in total. The maximum atomic E-state index is 14.4. The lowest BCUT2D eigenvalue weighted by atomic mass is 10.2. The largest absolute Gasteiger partial charge is 0.342 e. The molecule has 0 spiro atoms. The van der Waals surface area contributed by atoms with E-state index in [-0.39, 0.29) is 5.82 Å². The lowest BCUT2D eigenvalue weighted by Crippen LogP contribution is -2.22.